The van der Waals surface area contributed by atoms with E-state index in [4.69, 9.17) is 12.2 Å². The molecule has 0 unspecified atom stereocenters. The molecule has 0 amide bonds. The Balaban J connectivity index is 1.55. The van der Waals surface area contributed by atoms with E-state index >= 15 is 0 Å². The van der Waals surface area contributed by atoms with Crippen LogP contribution in [0.25, 0.3) is 0 Å². The molecule has 0 aliphatic heterocycles. The number of anilines is 1. The van der Waals surface area contributed by atoms with Crippen LogP contribution in [0, 0.1) is 0 Å². The predicted octanol–water partition coefficient (Wildman–Crippen LogP) is 4.26. The van der Waals surface area contributed by atoms with E-state index in [-0.39, 0.29) is 0 Å². The predicted molar refractivity (Wildman–Crippen MR) is 97.5 cm³/mol. The van der Waals surface area contributed by atoms with Crippen molar-refractivity contribution in [3.8, 4) is 0 Å². The summed E-state index contributed by atoms with van der Waals surface area (Å²) in [5.41, 5.74) is 5.25. The third-order valence-corrected chi connectivity index (χ3v) is 4.44. The van der Waals surface area contributed by atoms with Gasteiger partial charge in [0.2, 0.25) is 0 Å². The molecule has 3 rings (SSSR count). The summed E-state index contributed by atoms with van der Waals surface area (Å²) in [5, 5.41) is 7.42. The average molecular weight is 310 g/mol. The van der Waals surface area contributed by atoms with Gasteiger partial charge in [-0.15, -0.1) is 0 Å². The second-order valence-electron chi connectivity index (χ2n) is 6.25. The van der Waals surface area contributed by atoms with Gasteiger partial charge < -0.3 is 10.6 Å². The molecule has 1 aliphatic rings. The molecule has 0 heterocycles. The van der Waals surface area contributed by atoms with Crippen LogP contribution >= 0.6 is 12.2 Å². The van der Waals surface area contributed by atoms with Crippen LogP contribution in [-0.2, 0) is 12.8 Å². The molecule has 0 fully saturated rings. The Morgan fingerprint density at radius 2 is 1.59 bits per heavy atom. The summed E-state index contributed by atoms with van der Waals surface area (Å²) in [4.78, 5) is 0. The molecule has 0 saturated heterocycles. The molecule has 0 atom stereocenters. The van der Waals surface area contributed by atoms with Crippen LogP contribution < -0.4 is 10.6 Å². The Hall–Kier alpha value is -1.87. The van der Waals surface area contributed by atoms with Gasteiger partial charge in [-0.2, -0.15) is 0 Å². The van der Waals surface area contributed by atoms with E-state index in [2.05, 4.69) is 73.0 Å². The summed E-state index contributed by atoms with van der Waals surface area (Å²) in [5.74, 6) is 0.552. The van der Waals surface area contributed by atoms with Crippen LogP contribution in [0.15, 0.2) is 48.5 Å². The first-order valence-electron chi connectivity index (χ1n) is 7.86. The van der Waals surface area contributed by atoms with Crippen LogP contribution in [-0.4, -0.2) is 11.2 Å². The minimum absolute atomic E-state index is 0.396. The molecule has 0 spiro atoms. The normalized spacial score (nSPS) is 14.0. The van der Waals surface area contributed by atoms with Crippen LogP contribution in [0.2, 0.25) is 0 Å². The number of benzene rings is 2. The number of hydrogen-bond donors (Lipinski definition) is 2. The third-order valence-electron chi connectivity index (χ3n) is 4.22. The highest BCUT2D eigenvalue weighted by Crippen LogP contribution is 2.22. The fraction of sp³-hybridized carbons (Fsp3) is 0.316. The quantitative estimate of drug-likeness (QED) is 0.828. The van der Waals surface area contributed by atoms with E-state index in [1.165, 1.54) is 16.7 Å². The van der Waals surface area contributed by atoms with Gasteiger partial charge in [-0.05, 0) is 59.8 Å². The second kappa shape index (κ2) is 6.49. The molecule has 0 aromatic heterocycles. The van der Waals surface area contributed by atoms with Gasteiger partial charge in [0.05, 0.1) is 0 Å². The zero-order valence-electron chi connectivity index (χ0n) is 13.1. The zero-order valence-corrected chi connectivity index (χ0v) is 13.9. The molecule has 114 valence electrons. The monoisotopic (exact) mass is 310 g/mol. The van der Waals surface area contributed by atoms with E-state index in [1.54, 1.807) is 0 Å². The van der Waals surface area contributed by atoms with Gasteiger partial charge in [0.25, 0.3) is 0 Å². The van der Waals surface area contributed by atoms with Crippen molar-refractivity contribution in [1.82, 2.24) is 5.32 Å². The molecule has 0 bridgehead atoms. The van der Waals surface area contributed by atoms with Gasteiger partial charge in [-0.3, -0.25) is 0 Å². The topological polar surface area (TPSA) is 24.1 Å². The average Bonchev–Trinajstić information content (AvgIpc) is 2.89. The molecule has 2 aromatic rings. The van der Waals surface area contributed by atoms with Crippen molar-refractivity contribution in [1.29, 1.82) is 0 Å². The Kier molecular flexibility index (Phi) is 4.44. The van der Waals surface area contributed by atoms with Gasteiger partial charge in [0.1, 0.15) is 0 Å². The number of rotatable bonds is 3. The van der Waals surface area contributed by atoms with Gasteiger partial charge in [0, 0.05) is 11.7 Å². The summed E-state index contributed by atoms with van der Waals surface area (Å²) in [7, 11) is 0. The molecule has 22 heavy (non-hydrogen) atoms. The molecule has 3 heteroatoms. The molecular weight excluding hydrogens is 288 g/mol. The number of thiocarbonyl (C=S) groups is 1. The number of nitrogens with one attached hydrogen (secondary N) is 2. The highest BCUT2D eigenvalue weighted by atomic mass is 32.1. The Morgan fingerprint density at radius 3 is 2.14 bits per heavy atom. The highest BCUT2D eigenvalue weighted by Gasteiger charge is 2.21. The van der Waals surface area contributed by atoms with E-state index in [9.17, 15) is 0 Å². The van der Waals surface area contributed by atoms with Crippen molar-refractivity contribution >= 4 is 23.0 Å². The van der Waals surface area contributed by atoms with Crippen LogP contribution in [0.3, 0.4) is 0 Å². The molecule has 2 N–H and O–H groups in total. The summed E-state index contributed by atoms with van der Waals surface area (Å²) in [6.07, 6.45) is 2.09. The summed E-state index contributed by atoms with van der Waals surface area (Å²) >= 11 is 5.45. The molecule has 0 radical (unpaired) electrons. The van der Waals surface area contributed by atoms with Crippen molar-refractivity contribution < 1.29 is 0 Å². The van der Waals surface area contributed by atoms with Crippen molar-refractivity contribution in [3.05, 3.63) is 65.2 Å². The summed E-state index contributed by atoms with van der Waals surface area (Å²) < 4.78 is 0. The largest absolute Gasteiger partial charge is 0.359 e. The van der Waals surface area contributed by atoms with Gasteiger partial charge in [-0.25, -0.2) is 0 Å². The van der Waals surface area contributed by atoms with E-state index in [1.807, 2.05) is 0 Å². The molecule has 1 aliphatic carbocycles. The van der Waals surface area contributed by atoms with Gasteiger partial charge >= 0.3 is 0 Å². The van der Waals surface area contributed by atoms with Crippen molar-refractivity contribution in [2.24, 2.45) is 0 Å². The molecule has 0 saturated carbocycles. The van der Waals surface area contributed by atoms with Crippen LogP contribution in [0.4, 0.5) is 5.69 Å². The smallest absolute Gasteiger partial charge is 0.171 e. The Labute approximate surface area is 137 Å². The fourth-order valence-electron chi connectivity index (χ4n) is 2.96. The lowest BCUT2D eigenvalue weighted by Crippen LogP contribution is -2.38. The fourth-order valence-corrected chi connectivity index (χ4v) is 3.25. The highest BCUT2D eigenvalue weighted by molar-refractivity contribution is 7.80. The maximum absolute atomic E-state index is 5.45. The number of fused-ring (bicyclic) bond motifs is 1. The van der Waals surface area contributed by atoms with E-state index in [0.717, 1.165) is 18.5 Å². The zero-order chi connectivity index (χ0) is 15.5. The Bertz CT molecular complexity index is 636. The first-order chi connectivity index (χ1) is 10.6. The molecule has 2 aromatic carbocycles. The summed E-state index contributed by atoms with van der Waals surface area (Å²) in [6.45, 7) is 4.40. The van der Waals surface area contributed by atoms with Crippen LogP contribution in [0.5, 0.6) is 0 Å². The standard InChI is InChI=1S/C19H22N2S/c1-13(2)14-7-9-17(10-8-14)20-19(22)21-18-11-15-5-3-4-6-16(15)12-18/h3-10,13,18H,11-12H2,1-2H3,(H2,20,21,22). The SMILES string of the molecule is CC(C)c1ccc(NC(=S)NC2Cc3ccccc3C2)cc1. The van der Waals surface area contributed by atoms with Crippen molar-refractivity contribution in [2.45, 2.75) is 38.6 Å². The second-order valence-corrected chi connectivity index (χ2v) is 6.66. The van der Waals surface area contributed by atoms with E-state index in [0.29, 0.717) is 17.1 Å². The maximum Gasteiger partial charge on any atom is 0.171 e. The lowest BCUT2D eigenvalue weighted by Gasteiger charge is -2.16. The minimum Gasteiger partial charge on any atom is -0.359 e. The van der Waals surface area contributed by atoms with Gasteiger partial charge in [-0.1, -0.05) is 50.2 Å². The van der Waals surface area contributed by atoms with E-state index < -0.39 is 0 Å². The Morgan fingerprint density at radius 1 is 1.00 bits per heavy atom. The molecular formula is C19H22N2S. The lowest BCUT2D eigenvalue weighted by atomic mass is 10.0. The lowest BCUT2D eigenvalue weighted by molar-refractivity contribution is 0.648. The van der Waals surface area contributed by atoms with Gasteiger partial charge in [0.15, 0.2) is 5.11 Å². The van der Waals surface area contributed by atoms with Crippen molar-refractivity contribution in [3.63, 3.8) is 0 Å². The maximum atomic E-state index is 5.45. The number of hydrogen-bond acceptors (Lipinski definition) is 1. The third kappa shape index (κ3) is 3.47. The summed E-state index contributed by atoms with van der Waals surface area (Å²) in [6, 6.07) is 17.5. The minimum atomic E-state index is 0.396. The first-order valence-corrected chi connectivity index (χ1v) is 8.27. The van der Waals surface area contributed by atoms with Crippen molar-refractivity contribution in [2.75, 3.05) is 5.32 Å². The molecule has 2 nitrogen and oxygen atoms in total. The van der Waals surface area contributed by atoms with Crippen LogP contribution in [0.1, 0.15) is 36.5 Å². The first kappa shape index (κ1) is 15.0.